The topological polar surface area (TPSA) is 87.5 Å². The van der Waals surface area contributed by atoms with E-state index in [2.05, 4.69) is 137 Å². The highest BCUT2D eigenvalue weighted by Gasteiger charge is 2.29. The second-order valence-electron chi connectivity index (χ2n) is 18.3. The predicted octanol–water partition coefficient (Wildman–Crippen LogP) is 16.2. The Kier molecular flexibility index (Phi) is 9.09. The van der Waals surface area contributed by atoms with Gasteiger partial charge in [0.05, 0.1) is 60.9 Å². The summed E-state index contributed by atoms with van der Waals surface area (Å²) in [5.74, 6) is 1.64. The monoisotopic (exact) mass is 933 g/mol. The summed E-state index contributed by atoms with van der Waals surface area (Å²) in [5, 5.41) is 6.45. The zero-order valence-corrected chi connectivity index (χ0v) is 39.1. The first-order chi connectivity index (χ1) is 36.2. The van der Waals surface area contributed by atoms with Crippen LogP contribution in [0.5, 0.6) is 0 Å². The van der Waals surface area contributed by atoms with E-state index < -0.39 is 0 Å². The number of furan rings is 1. The van der Waals surface area contributed by atoms with E-state index in [1.165, 1.54) is 0 Å². The fraction of sp³-hybridized carbons (Fsp3) is 0. The number of para-hydroxylation sites is 6. The number of nitrogens with zero attached hydrogens (tertiary/aromatic N) is 7. The van der Waals surface area contributed by atoms with Gasteiger partial charge in [0.15, 0.2) is 17.5 Å². The van der Waals surface area contributed by atoms with E-state index in [9.17, 15) is 0 Å². The molecule has 73 heavy (non-hydrogen) atoms. The Labute approximate surface area is 417 Å². The highest BCUT2D eigenvalue weighted by molar-refractivity contribution is 6.39. The molecule has 0 unspecified atom stereocenters. The molecule has 10 aromatic carbocycles. The summed E-state index contributed by atoms with van der Waals surface area (Å²) in [4.78, 5) is 26.7. The fourth-order valence-electron chi connectivity index (χ4n) is 11.0. The quantitative estimate of drug-likeness (QED) is 0.158. The van der Waals surface area contributed by atoms with E-state index in [1.54, 1.807) is 0 Å². The van der Waals surface area contributed by atoms with Crippen LogP contribution in [-0.4, -0.2) is 34.1 Å². The lowest BCUT2D eigenvalue weighted by atomic mass is 9.99. The summed E-state index contributed by atoms with van der Waals surface area (Å²) < 4.78 is 12.0. The lowest BCUT2D eigenvalue weighted by molar-refractivity contribution is 0.673. The van der Waals surface area contributed by atoms with Crippen molar-refractivity contribution in [3.63, 3.8) is 0 Å². The van der Waals surface area contributed by atoms with Gasteiger partial charge in [0.1, 0.15) is 11.2 Å². The van der Waals surface area contributed by atoms with Crippen LogP contribution in [0.2, 0.25) is 0 Å². The van der Waals surface area contributed by atoms with Gasteiger partial charge in [-0.1, -0.05) is 182 Å². The molecule has 5 heterocycles. The molecule has 0 spiro atoms. The molecule has 0 bridgehead atoms. The fourth-order valence-corrected chi connectivity index (χ4v) is 11.0. The van der Waals surface area contributed by atoms with Crippen molar-refractivity contribution in [3.8, 4) is 68.1 Å². The van der Waals surface area contributed by atoms with Crippen molar-refractivity contribution < 1.29 is 4.42 Å². The van der Waals surface area contributed by atoms with Crippen molar-refractivity contribution in [1.29, 1.82) is 0 Å². The molecular formula is C65H39N7O. The summed E-state index contributed by atoms with van der Waals surface area (Å²) >= 11 is 0. The summed E-state index contributed by atoms with van der Waals surface area (Å²) in [7, 11) is 0. The van der Waals surface area contributed by atoms with E-state index in [0.29, 0.717) is 17.5 Å². The number of aromatic nitrogens is 7. The molecule has 0 fully saturated rings. The molecule has 0 saturated carbocycles. The molecule has 8 heteroatoms. The molecule has 5 aromatic heterocycles. The molecule has 0 aliphatic carbocycles. The van der Waals surface area contributed by atoms with Crippen molar-refractivity contribution in [2.24, 2.45) is 0 Å². The summed E-state index contributed by atoms with van der Waals surface area (Å²) in [5.41, 5.74) is 15.3. The summed E-state index contributed by atoms with van der Waals surface area (Å²) in [6.07, 6.45) is 0. The predicted molar refractivity (Wildman–Crippen MR) is 296 cm³/mol. The SMILES string of the molecule is c1ccc(-c2nc(-c3ccccc3)nc(-c3cc(-c4nc5ccccc5nc4-c4ccccc4)ccc3-n3c4ccccc4c4c5oc6ccccc6c5c5c(c6ccccc6n5-c5ccccc5)c43)n2)cc1. The molecule has 0 amide bonds. The zero-order valence-electron chi connectivity index (χ0n) is 39.1. The highest BCUT2D eigenvalue weighted by atomic mass is 16.3. The van der Waals surface area contributed by atoms with Gasteiger partial charge >= 0.3 is 0 Å². The molecule has 0 atom stereocenters. The van der Waals surface area contributed by atoms with Gasteiger partial charge in [0, 0.05) is 55.0 Å². The molecule has 340 valence electrons. The standard InChI is InChI=1S/C65H39N7O/c1-5-21-40(22-6-1)58-59(67-50-33-17-16-32-49(50)66-58)43-37-38-53(48(39-43)65-69-63(41-23-7-2-8-24-41)68-64(70-65)42-25-9-3-10-26-42)72-52-35-19-14-30-46(52)56-61(72)55-45-29-13-18-34-51(45)71(44-27-11-4-12-28-44)60(55)57-47-31-15-20-36-54(47)73-62(56)57/h1-39H. The largest absolute Gasteiger partial charge is 0.455 e. The van der Waals surface area contributed by atoms with Gasteiger partial charge in [-0.15, -0.1) is 0 Å². The minimum atomic E-state index is 0.512. The molecule has 0 aliphatic rings. The maximum absolute atomic E-state index is 7.15. The van der Waals surface area contributed by atoms with E-state index in [4.69, 9.17) is 29.3 Å². The molecule has 0 radical (unpaired) electrons. The summed E-state index contributed by atoms with van der Waals surface area (Å²) in [6, 6.07) is 81.7. The minimum Gasteiger partial charge on any atom is -0.455 e. The lowest BCUT2D eigenvalue weighted by Gasteiger charge is -2.18. The second kappa shape index (κ2) is 16.3. The molecule has 0 N–H and O–H groups in total. The normalized spacial score (nSPS) is 11.8. The van der Waals surface area contributed by atoms with Crippen LogP contribution in [0.25, 0.3) is 145 Å². The number of benzene rings is 10. The van der Waals surface area contributed by atoms with Crippen LogP contribution in [0.15, 0.2) is 241 Å². The average Bonchev–Trinajstić information content (AvgIpc) is 4.14. The number of fused-ring (bicyclic) bond motifs is 13. The third-order valence-corrected chi connectivity index (χ3v) is 14.1. The van der Waals surface area contributed by atoms with Crippen LogP contribution in [0.3, 0.4) is 0 Å². The third kappa shape index (κ3) is 6.37. The maximum atomic E-state index is 7.15. The Morgan fingerprint density at radius 3 is 1.44 bits per heavy atom. The molecule has 0 saturated heterocycles. The van der Waals surface area contributed by atoms with Crippen LogP contribution < -0.4 is 0 Å². The van der Waals surface area contributed by atoms with E-state index in [1.807, 2.05) is 109 Å². The Morgan fingerprint density at radius 2 is 0.795 bits per heavy atom. The minimum absolute atomic E-state index is 0.512. The Bertz CT molecular complexity index is 4600. The average molecular weight is 934 g/mol. The Morgan fingerprint density at radius 1 is 0.329 bits per heavy atom. The molecule has 15 rings (SSSR count). The van der Waals surface area contributed by atoms with Crippen LogP contribution >= 0.6 is 0 Å². The van der Waals surface area contributed by atoms with Crippen molar-refractivity contribution in [3.05, 3.63) is 237 Å². The van der Waals surface area contributed by atoms with Crippen LogP contribution in [-0.2, 0) is 0 Å². The lowest BCUT2D eigenvalue weighted by Crippen LogP contribution is -2.05. The Balaban J connectivity index is 1.13. The smallest absolute Gasteiger partial charge is 0.166 e. The van der Waals surface area contributed by atoms with Gasteiger partial charge in [0.25, 0.3) is 0 Å². The summed E-state index contributed by atoms with van der Waals surface area (Å²) in [6.45, 7) is 0. The van der Waals surface area contributed by atoms with Gasteiger partial charge < -0.3 is 13.6 Å². The second-order valence-corrected chi connectivity index (χ2v) is 18.3. The van der Waals surface area contributed by atoms with Gasteiger partial charge in [-0.25, -0.2) is 24.9 Å². The Hall–Kier alpha value is -10.1. The number of hydrogen-bond acceptors (Lipinski definition) is 6. The molecule has 8 nitrogen and oxygen atoms in total. The van der Waals surface area contributed by atoms with Crippen molar-refractivity contribution in [2.45, 2.75) is 0 Å². The number of hydrogen-bond donors (Lipinski definition) is 0. The first-order valence-corrected chi connectivity index (χ1v) is 24.4. The highest BCUT2D eigenvalue weighted by Crippen LogP contribution is 2.50. The molecular weight excluding hydrogens is 895 g/mol. The van der Waals surface area contributed by atoms with Crippen LogP contribution in [0, 0.1) is 0 Å². The number of rotatable bonds is 7. The van der Waals surface area contributed by atoms with Crippen LogP contribution in [0.4, 0.5) is 0 Å². The van der Waals surface area contributed by atoms with Gasteiger partial charge in [0.2, 0.25) is 0 Å². The van der Waals surface area contributed by atoms with Gasteiger partial charge in [-0.3, -0.25) is 0 Å². The third-order valence-electron chi connectivity index (χ3n) is 14.1. The molecule has 0 aliphatic heterocycles. The molecule has 15 aromatic rings. The maximum Gasteiger partial charge on any atom is 0.166 e. The van der Waals surface area contributed by atoms with Gasteiger partial charge in [-0.2, -0.15) is 0 Å². The first kappa shape index (κ1) is 40.8. The van der Waals surface area contributed by atoms with Gasteiger partial charge in [-0.05, 0) is 54.6 Å². The van der Waals surface area contributed by atoms with E-state index >= 15 is 0 Å². The van der Waals surface area contributed by atoms with Crippen molar-refractivity contribution in [2.75, 3.05) is 0 Å². The van der Waals surface area contributed by atoms with E-state index in [-0.39, 0.29) is 0 Å². The van der Waals surface area contributed by atoms with Crippen LogP contribution in [0.1, 0.15) is 0 Å². The zero-order chi connectivity index (χ0) is 48.0. The van der Waals surface area contributed by atoms with Crippen molar-refractivity contribution in [1.82, 2.24) is 34.1 Å². The first-order valence-electron chi connectivity index (χ1n) is 24.4. The van der Waals surface area contributed by atoms with Crippen molar-refractivity contribution >= 4 is 76.6 Å². The van der Waals surface area contributed by atoms with E-state index in [0.717, 1.165) is 127 Å².